The van der Waals surface area contributed by atoms with Gasteiger partial charge in [-0.3, -0.25) is 0 Å². The van der Waals surface area contributed by atoms with Crippen LogP contribution in [0.2, 0.25) is 0 Å². The zero-order chi connectivity index (χ0) is 25.7. The van der Waals surface area contributed by atoms with Crippen molar-refractivity contribution in [3.8, 4) is 11.1 Å². The summed E-state index contributed by atoms with van der Waals surface area (Å²) in [6.07, 6.45) is 4.98. The standard InChI is InChI=1S/C18H20N2O2S.C9H8N2O2/c1-3-4-9-14-13(2)8-7-12-15(14)16-10-5-6-11-17(16)18-19-22-23(21)20-18;1-11-5-10-7-4-2-3-6(8(7)11)9(12)13/h5-8,10-12H,3-4,9H2,1-2H3,(H,19,20);2-5H,1H3,(H,12,13). The summed E-state index contributed by atoms with van der Waals surface area (Å²) in [7, 11) is 1.78. The van der Waals surface area contributed by atoms with Crippen LogP contribution in [0.3, 0.4) is 0 Å². The summed E-state index contributed by atoms with van der Waals surface area (Å²) in [5, 5.41) is 8.88. The molecule has 36 heavy (non-hydrogen) atoms. The number of amidine groups is 1. The third kappa shape index (κ3) is 5.37. The molecule has 186 valence electrons. The Bertz CT molecular complexity index is 1460. The van der Waals surface area contributed by atoms with E-state index < -0.39 is 17.2 Å². The Kier molecular flexibility index (Phi) is 7.92. The molecular weight excluding hydrogens is 476 g/mol. The van der Waals surface area contributed by atoms with E-state index in [1.54, 1.807) is 36.1 Å². The minimum absolute atomic E-state index is 0.289. The highest BCUT2D eigenvalue weighted by molar-refractivity contribution is 7.79. The molecular formula is C27H28N4O4S. The number of imidazole rings is 1. The summed E-state index contributed by atoms with van der Waals surface area (Å²) in [6, 6.07) is 19.4. The molecule has 1 aliphatic heterocycles. The maximum absolute atomic E-state index is 11.4. The zero-order valence-corrected chi connectivity index (χ0v) is 21.2. The molecule has 0 fully saturated rings. The zero-order valence-electron chi connectivity index (χ0n) is 20.4. The van der Waals surface area contributed by atoms with E-state index in [1.165, 1.54) is 16.7 Å². The number of hydroxylamine groups is 1. The van der Waals surface area contributed by atoms with Crippen LogP contribution in [0.15, 0.2) is 71.4 Å². The molecule has 1 aromatic heterocycles. The van der Waals surface area contributed by atoms with Gasteiger partial charge in [0.2, 0.25) is 0 Å². The largest absolute Gasteiger partial charge is 0.478 e. The molecule has 1 aliphatic rings. The molecule has 5 rings (SSSR count). The second-order valence-corrected chi connectivity index (χ2v) is 9.21. The van der Waals surface area contributed by atoms with E-state index in [1.807, 2.05) is 18.2 Å². The first-order valence-electron chi connectivity index (χ1n) is 11.7. The van der Waals surface area contributed by atoms with E-state index in [9.17, 15) is 9.00 Å². The number of rotatable bonds is 6. The van der Waals surface area contributed by atoms with Crippen LogP contribution < -0.4 is 5.48 Å². The molecule has 0 saturated carbocycles. The number of aromatic nitrogens is 2. The minimum atomic E-state index is -1.66. The number of hydrogen-bond acceptors (Lipinski definition) is 5. The summed E-state index contributed by atoms with van der Waals surface area (Å²) in [5.74, 6) is -0.406. The predicted octanol–water partition coefficient (Wildman–Crippen LogP) is 5.14. The summed E-state index contributed by atoms with van der Waals surface area (Å²) < 4.78 is 21.9. The van der Waals surface area contributed by atoms with Crippen LogP contribution in [0.5, 0.6) is 0 Å². The lowest BCUT2D eigenvalue weighted by molar-refractivity contribution is 0.0698. The van der Waals surface area contributed by atoms with E-state index in [0.717, 1.165) is 30.4 Å². The summed E-state index contributed by atoms with van der Waals surface area (Å²) in [4.78, 5) is 14.9. The molecule has 0 amide bonds. The lowest BCUT2D eigenvalue weighted by Gasteiger charge is -2.15. The highest BCUT2D eigenvalue weighted by Crippen LogP contribution is 2.31. The number of carbonyl (C=O) groups is 1. The summed E-state index contributed by atoms with van der Waals surface area (Å²) in [5.41, 5.74) is 10.2. The van der Waals surface area contributed by atoms with Gasteiger partial charge in [0.1, 0.15) is 0 Å². The third-order valence-corrected chi connectivity index (χ3v) is 6.56. The number of nitrogens with one attached hydrogen (secondary N) is 1. The molecule has 0 aliphatic carbocycles. The first kappa shape index (κ1) is 25.3. The van der Waals surface area contributed by atoms with Crippen LogP contribution in [0.25, 0.3) is 22.2 Å². The van der Waals surface area contributed by atoms with Crippen LogP contribution in [-0.2, 0) is 29.0 Å². The topological polar surface area (TPSA) is 106 Å². The number of aromatic carboxylic acids is 1. The molecule has 0 bridgehead atoms. The van der Waals surface area contributed by atoms with Gasteiger partial charge in [-0.05, 0) is 54.2 Å². The fourth-order valence-corrected chi connectivity index (χ4v) is 4.71. The van der Waals surface area contributed by atoms with Crippen LogP contribution in [0.1, 0.15) is 46.8 Å². The van der Waals surface area contributed by atoms with Crippen molar-refractivity contribution in [2.24, 2.45) is 11.4 Å². The number of fused-ring (bicyclic) bond motifs is 1. The van der Waals surface area contributed by atoms with Crippen molar-refractivity contribution in [1.29, 1.82) is 0 Å². The quantitative estimate of drug-likeness (QED) is 0.377. The molecule has 9 heteroatoms. The van der Waals surface area contributed by atoms with E-state index in [2.05, 4.69) is 53.0 Å². The Hall–Kier alpha value is -3.82. The Morgan fingerprint density at radius 1 is 1.06 bits per heavy atom. The third-order valence-electron chi connectivity index (χ3n) is 6.01. The van der Waals surface area contributed by atoms with E-state index in [-0.39, 0.29) is 5.56 Å². The van der Waals surface area contributed by atoms with Crippen molar-refractivity contribution in [2.75, 3.05) is 0 Å². The van der Waals surface area contributed by atoms with Gasteiger partial charge in [0.05, 0.1) is 22.9 Å². The Labute approximate surface area is 212 Å². The maximum atomic E-state index is 11.4. The second kappa shape index (κ2) is 11.3. The van der Waals surface area contributed by atoms with Crippen LogP contribution in [-0.4, -0.2) is 30.7 Å². The number of carboxylic acid groups (broad SMARTS) is 1. The molecule has 2 heterocycles. The Morgan fingerprint density at radius 3 is 2.47 bits per heavy atom. The van der Waals surface area contributed by atoms with Gasteiger partial charge in [-0.15, -0.1) is 4.40 Å². The van der Waals surface area contributed by atoms with Crippen molar-refractivity contribution in [3.05, 3.63) is 89.2 Å². The fourth-order valence-electron chi connectivity index (χ4n) is 4.24. The fraction of sp³-hybridized carbons (Fsp3) is 0.222. The number of carboxylic acids is 1. The van der Waals surface area contributed by atoms with Crippen LogP contribution >= 0.6 is 0 Å². The van der Waals surface area contributed by atoms with Gasteiger partial charge in [0, 0.05) is 12.6 Å². The van der Waals surface area contributed by atoms with E-state index in [0.29, 0.717) is 16.9 Å². The highest BCUT2D eigenvalue weighted by atomic mass is 32.2. The molecule has 1 unspecified atom stereocenters. The summed E-state index contributed by atoms with van der Waals surface area (Å²) in [6.45, 7) is 4.36. The normalized spacial score (nSPS) is 14.6. The predicted molar refractivity (Wildman–Crippen MR) is 142 cm³/mol. The number of nitrogens with zero attached hydrogens (tertiary/aromatic N) is 3. The molecule has 0 radical (unpaired) electrons. The van der Waals surface area contributed by atoms with Crippen molar-refractivity contribution in [1.82, 2.24) is 15.0 Å². The van der Waals surface area contributed by atoms with Gasteiger partial charge < -0.3 is 9.67 Å². The lowest BCUT2D eigenvalue weighted by Crippen LogP contribution is -2.18. The van der Waals surface area contributed by atoms with Crippen molar-refractivity contribution in [2.45, 2.75) is 33.1 Å². The van der Waals surface area contributed by atoms with Gasteiger partial charge in [-0.1, -0.05) is 61.9 Å². The van der Waals surface area contributed by atoms with Crippen molar-refractivity contribution >= 4 is 34.1 Å². The molecule has 4 aromatic rings. The van der Waals surface area contributed by atoms with Gasteiger partial charge >= 0.3 is 17.2 Å². The molecule has 2 N–H and O–H groups in total. The van der Waals surface area contributed by atoms with Crippen LogP contribution in [0, 0.1) is 6.92 Å². The second-order valence-electron chi connectivity index (χ2n) is 8.43. The van der Waals surface area contributed by atoms with Crippen molar-refractivity contribution < 1.29 is 18.4 Å². The maximum Gasteiger partial charge on any atom is 0.337 e. The molecule has 0 saturated heterocycles. The summed E-state index contributed by atoms with van der Waals surface area (Å²) >= 11 is -1.66. The number of para-hydroxylation sites is 1. The minimum Gasteiger partial charge on any atom is -0.478 e. The lowest BCUT2D eigenvalue weighted by atomic mass is 9.90. The monoisotopic (exact) mass is 504 g/mol. The molecule has 0 spiro atoms. The van der Waals surface area contributed by atoms with Gasteiger partial charge in [0.25, 0.3) is 0 Å². The molecule has 3 aromatic carbocycles. The number of aryl methyl sites for hydroxylation is 2. The average molecular weight is 505 g/mol. The number of hydrogen-bond donors (Lipinski definition) is 2. The SMILES string of the molecule is CCCCc1c(C)cccc1-c1ccccc1C1=NS(=O)ON1.Cn1cnc2cccc(C(=O)O)c21. The number of benzene rings is 3. The Morgan fingerprint density at radius 2 is 1.78 bits per heavy atom. The van der Waals surface area contributed by atoms with Crippen molar-refractivity contribution in [3.63, 3.8) is 0 Å². The molecule has 1 atom stereocenters. The van der Waals surface area contributed by atoms with E-state index in [4.69, 9.17) is 9.39 Å². The number of unbranched alkanes of at least 4 members (excludes halogenated alkanes) is 1. The smallest absolute Gasteiger partial charge is 0.337 e. The van der Waals surface area contributed by atoms with E-state index >= 15 is 0 Å². The average Bonchev–Trinajstić information content (AvgIpc) is 3.49. The van der Waals surface area contributed by atoms with Gasteiger partial charge in [-0.2, -0.15) is 4.28 Å². The van der Waals surface area contributed by atoms with Crippen LogP contribution in [0.4, 0.5) is 0 Å². The first-order chi connectivity index (χ1) is 17.4. The molecule has 8 nitrogen and oxygen atoms in total. The van der Waals surface area contributed by atoms with Gasteiger partial charge in [0.15, 0.2) is 5.84 Å². The Balaban J connectivity index is 0.000000197. The first-order valence-corrected chi connectivity index (χ1v) is 12.7. The highest BCUT2D eigenvalue weighted by Gasteiger charge is 2.20. The van der Waals surface area contributed by atoms with Gasteiger partial charge in [-0.25, -0.2) is 19.5 Å².